The van der Waals surface area contributed by atoms with Crippen LogP contribution in [0.2, 0.25) is 0 Å². The highest BCUT2D eigenvalue weighted by Gasteiger charge is 2.13. The van der Waals surface area contributed by atoms with Gasteiger partial charge in [-0.3, -0.25) is 4.57 Å². The fourth-order valence-electron chi connectivity index (χ4n) is 2.50. The maximum Gasteiger partial charge on any atom is 0.164 e. The zero-order chi connectivity index (χ0) is 15.0. The van der Waals surface area contributed by atoms with E-state index in [9.17, 15) is 0 Å². The molecular weight excluding hydrogens is 282 g/mol. The van der Waals surface area contributed by atoms with Crippen LogP contribution in [0.3, 0.4) is 0 Å². The van der Waals surface area contributed by atoms with Crippen LogP contribution < -0.4 is 0 Å². The van der Waals surface area contributed by atoms with E-state index in [4.69, 9.17) is 11.6 Å². The summed E-state index contributed by atoms with van der Waals surface area (Å²) in [5.41, 5.74) is 5.21. The molecule has 0 spiro atoms. The number of fused-ring (bicyclic) bond motifs is 1. The minimum absolute atomic E-state index is 0.362. The largest absolute Gasteiger partial charge is 0.280 e. The van der Waals surface area contributed by atoms with Crippen LogP contribution in [0.4, 0.5) is 0 Å². The molecule has 0 saturated carbocycles. The third kappa shape index (κ3) is 2.54. The maximum atomic E-state index is 6.08. The van der Waals surface area contributed by atoms with Crippen molar-refractivity contribution in [3.05, 3.63) is 53.5 Å². The van der Waals surface area contributed by atoms with Gasteiger partial charge in [-0.2, -0.15) is 0 Å². The quantitative estimate of drug-likeness (QED) is 0.662. The third-order valence-corrected chi connectivity index (χ3v) is 3.86. The molecule has 0 saturated heterocycles. The van der Waals surface area contributed by atoms with Crippen LogP contribution in [0.1, 0.15) is 36.7 Å². The number of benzene rings is 1. The topological polar surface area (TPSA) is 30.7 Å². The smallest absolute Gasteiger partial charge is 0.164 e. The molecule has 1 aromatic carbocycles. The van der Waals surface area contributed by atoms with E-state index in [2.05, 4.69) is 48.1 Å². The summed E-state index contributed by atoms with van der Waals surface area (Å²) in [6.07, 6.45) is 1.87. The maximum absolute atomic E-state index is 6.08. The normalized spacial score (nSPS) is 11.5. The Morgan fingerprint density at radius 3 is 2.76 bits per heavy atom. The molecule has 0 amide bonds. The van der Waals surface area contributed by atoms with Crippen molar-refractivity contribution in [1.29, 1.82) is 0 Å². The zero-order valence-corrected chi connectivity index (χ0v) is 13.2. The van der Waals surface area contributed by atoms with Gasteiger partial charge in [-0.05, 0) is 42.2 Å². The third-order valence-electron chi connectivity index (χ3n) is 3.62. The van der Waals surface area contributed by atoms with Gasteiger partial charge in [0.05, 0.1) is 5.88 Å². The van der Waals surface area contributed by atoms with E-state index >= 15 is 0 Å². The molecule has 0 radical (unpaired) electrons. The lowest BCUT2D eigenvalue weighted by Crippen LogP contribution is -2.01. The van der Waals surface area contributed by atoms with Crippen LogP contribution in [0.5, 0.6) is 0 Å². The summed E-state index contributed by atoms with van der Waals surface area (Å²) in [7, 11) is 0. The number of alkyl halides is 1. The Hall–Kier alpha value is -1.87. The number of halogens is 1. The highest BCUT2D eigenvalue weighted by atomic mass is 35.5. The van der Waals surface area contributed by atoms with E-state index in [1.807, 2.05) is 23.8 Å². The molecule has 3 nitrogen and oxygen atoms in total. The van der Waals surface area contributed by atoms with Crippen LogP contribution >= 0.6 is 11.6 Å². The van der Waals surface area contributed by atoms with Crippen LogP contribution in [-0.2, 0) is 5.88 Å². The molecule has 0 aliphatic heterocycles. The first kappa shape index (κ1) is 14.1. The Morgan fingerprint density at radius 2 is 2.05 bits per heavy atom. The van der Waals surface area contributed by atoms with Gasteiger partial charge in [0.2, 0.25) is 0 Å². The van der Waals surface area contributed by atoms with Gasteiger partial charge >= 0.3 is 0 Å². The van der Waals surface area contributed by atoms with Gasteiger partial charge in [-0.15, -0.1) is 11.6 Å². The van der Waals surface area contributed by atoms with Gasteiger partial charge in [0.25, 0.3) is 0 Å². The summed E-state index contributed by atoms with van der Waals surface area (Å²) in [5, 5.41) is 0. The number of pyridine rings is 1. The average Bonchev–Trinajstić information content (AvgIpc) is 2.84. The van der Waals surface area contributed by atoms with E-state index < -0.39 is 0 Å². The van der Waals surface area contributed by atoms with Crippen LogP contribution in [0, 0.1) is 6.92 Å². The number of aryl methyl sites for hydroxylation is 1. The summed E-state index contributed by atoms with van der Waals surface area (Å²) in [4.78, 5) is 9.15. The molecule has 4 heteroatoms. The summed E-state index contributed by atoms with van der Waals surface area (Å²) >= 11 is 6.08. The second-order valence-electron chi connectivity index (χ2n) is 5.60. The Balaban J connectivity index is 2.25. The van der Waals surface area contributed by atoms with Crippen molar-refractivity contribution in [2.75, 3.05) is 0 Å². The molecule has 0 bridgehead atoms. The molecule has 0 unspecified atom stereocenters. The van der Waals surface area contributed by atoms with Gasteiger partial charge in [-0.25, -0.2) is 9.97 Å². The fraction of sp³-hybridized carbons (Fsp3) is 0.294. The van der Waals surface area contributed by atoms with Crippen LogP contribution in [0.25, 0.3) is 16.9 Å². The fourth-order valence-corrected chi connectivity index (χ4v) is 2.68. The second-order valence-corrected chi connectivity index (χ2v) is 5.87. The monoisotopic (exact) mass is 299 g/mol. The molecule has 0 atom stereocenters. The highest BCUT2D eigenvalue weighted by molar-refractivity contribution is 6.16. The number of imidazole rings is 1. The average molecular weight is 300 g/mol. The summed E-state index contributed by atoms with van der Waals surface area (Å²) in [5.74, 6) is 1.67. The molecule has 2 heterocycles. The van der Waals surface area contributed by atoms with Crippen molar-refractivity contribution in [1.82, 2.24) is 14.5 Å². The summed E-state index contributed by atoms with van der Waals surface area (Å²) < 4.78 is 2.05. The minimum Gasteiger partial charge on any atom is -0.280 e. The lowest BCUT2D eigenvalue weighted by molar-refractivity contribution is 0.860. The van der Waals surface area contributed by atoms with E-state index in [1.54, 1.807) is 0 Å². The predicted molar refractivity (Wildman–Crippen MR) is 87.2 cm³/mol. The lowest BCUT2D eigenvalue weighted by Gasteiger charge is -2.11. The molecule has 0 aliphatic rings. The van der Waals surface area contributed by atoms with Gasteiger partial charge in [0.1, 0.15) is 11.3 Å². The highest BCUT2D eigenvalue weighted by Crippen LogP contribution is 2.24. The first-order chi connectivity index (χ1) is 10.1. The van der Waals surface area contributed by atoms with Gasteiger partial charge in [0.15, 0.2) is 5.65 Å². The van der Waals surface area contributed by atoms with Gasteiger partial charge in [-0.1, -0.05) is 26.0 Å². The molecule has 0 fully saturated rings. The van der Waals surface area contributed by atoms with Gasteiger partial charge in [0, 0.05) is 11.9 Å². The number of aromatic nitrogens is 3. The Bertz CT molecular complexity index is 790. The minimum atomic E-state index is 0.362. The number of hydrogen-bond acceptors (Lipinski definition) is 2. The summed E-state index contributed by atoms with van der Waals surface area (Å²) in [6.45, 7) is 6.40. The van der Waals surface area contributed by atoms with Crippen molar-refractivity contribution in [2.45, 2.75) is 32.6 Å². The first-order valence-corrected chi connectivity index (χ1v) is 7.64. The van der Waals surface area contributed by atoms with Crippen molar-refractivity contribution in [3.8, 4) is 5.69 Å². The molecule has 2 aromatic heterocycles. The molecule has 108 valence electrons. The Morgan fingerprint density at radius 1 is 1.24 bits per heavy atom. The van der Waals surface area contributed by atoms with Crippen molar-refractivity contribution in [3.63, 3.8) is 0 Å². The Labute approximate surface area is 129 Å². The van der Waals surface area contributed by atoms with Crippen molar-refractivity contribution < 1.29 is 0 Å². The lowest BCUT2D eigenvalue weighted by atomic mass is 10.0. The predicted octanol–water partition coefficient (Wildman–Crippen LogP) is 4.59. The van der Waals surface area contributed by atoms with E-state index in [-0.39, 0.29) is 0 Å². The van der Waals surface area contributed by atoms with Crippen LogP contribution in [0.15, 0.2) is 36.5 Å². The molecule has 3 aromatic rings. The molecule has 0 N–H and O–H groups in total. The zero-order valence-electron chi connectivity index (χ0n) is 12.5. The van der Waals surface area contributed by atoms with Crippen LogP contribution in [-0.4, -0.2) is 14.5 Å². The van der Waals surface area contributed by atoms with Crippen molar-refractivity contribution in [2.24, 2.45) is 0 Å². The SMILES string of the molecule is Cc1cnc2c(c1)nc(CCl)n2-c1cccc(C(C)C)c1. The van der Waals surface area contributed by atoms with Gasteiger partial charge < -0.3 is 0 Å². The van der Waals surface area contributed by atoms with Crippen molar-refractivity contribution >= 4 is 22.8 Å². The van der Waals surface area contributed by atoms with E-state index in [0.717, 1.165) is 28.2 Å². The molecule has 0 aliphatic carbocycles. The number of rotatable bonds is 3. The summed E-state index contributed by atoms with van der Waals surface area (Å²) in [6, 6.07) is 10.5. The Kier molecular flexibility index (Phi) is 3.68. The molecular formula is C17H18ClN3. The van der Waals surface area contributed by atoms with E-state index in [0.29, 0.717) is 11.8 Å². The second kappa shape index (κ2) is 5.49. The number of hydrogen-bond donors (Lipinski definition) is 0. The number of nitrogens with zero attached hydrogens (tertiary/aromatic N) is 3. The van der Waals surface area contributed by atoms with E-state index in [1.165, 1.54) is 5.56 Å². The first-order valence-electron chi connectivity index (χ1n) is 7.10. The molecule has 21 heavy (non-hydrogen) atoms. The molecule has 3 rings (SSSR count). The standard InChI is InChI=1S/C17H18ClN3/c1-11(2)13-5-4-6-14(8-13)21-16(9-18)20-15-7-12(3)10-19-17(15)21/h4-8,10-11H,9H2,1-3H3.